The molecular weight excluding hydrogens is 302 g/mol. The van der Waals surface area contributed by atoms with Crippen LogP contribution in [0.4, 0.5) is 5.69 Å². The molecule has 4 heteroatoms. The van der Waals surface area contributed by atoms with Crippen LogP contribution in [0, 0.1) is 0 Å². The number of hydrogen-bond acceptors (Lipinski definition) is 2. The first-order chi connectivity index (χ1) is 7.96. The van der Waals surface area contributed by atoms with Gasteiger partial charge in [0.05, 0.1) is 10.6 Å². The summed E-state index contributed by atoms with van der Waals surface area (Å²) in [4.78, 5) is 0. The van der Waals surface area contributed by atoms with E-state index in [1.165, 1.54) is 0 Å². The third kappa shape index (κ3) is 3.60. The van der Waals surface area contributed by atoms with Crippen LogP contribution in [0.2, 0.25) is 5.02 Å². The minimum atomic E-state index is -0.0282. The third-order valence-electron chi connectivity index (χ3n) is 2.99. The molecule has 0 aliphatic carbocycles. The van der Waals surface area contributed by atoms with Gasteiger partial charge in [0.2, 0.25) is 0 Å². The van der Waals surface area contributed by atoms with Gasteiger partial charge in [0.25, 0.3) is 0 Å². The highest BCUT2D eigenvalue weighted by Gasteiger charge is 2.28. The molecule has 2 nitrogen and oxygen atoms in total. The Morgan fingerprint density at radius 2 is 2.24 bits per heavy atom. The summed E-state index contributed by atoms with van der Waals surface area (Å²) in [6, 6.07) is 6.39. The van der Waals surface area contributed by atoms with Gasteiger partial charge < -0.3 is 10.1 Å². The molecular formula is C13H17BrClNO. The molecule has 0 bridgehead atoms. The van der Waals surface area contributed by atoms with E-state index in [1.54, 1.807) is 0 Å². The molecule has 1 heterocycles. The Hall–Kier alpha value is -0.250. The number of halogens is 2. The fourth-order valence-electron chi connectivity index (χ4n) is 2.18. The number of rotatable bonds is 2. The zero-order valence-corrected chi connectivity index (χ0v) is 12.4. The first-order valence-electron chi connectivity index (χ1n) is 5.82. The van der Waals surface area contributed by atoms with Gasteiger partial charge in [0.15, 0.2) is 0 Å². The Kier molecular flexibility index (Phi) is 4.01. The fraction of sp³-hybridized carbons (Fsp3) is 0.538. The summed E-state index contributed by atoms with van der Waals surface area (Å²) in [7, 11) is 0. The zero-order valence-electron chi connectivity index (χ0n) is 10.1. The maximum absolute atomic E-state index is 5.97. The van der Waals surface area contributed by atoms with E-state index in [-0.39, 0.29) is 5.60 Å². The van der Waals surface area contributed by atoms with Gasteiger partial charge in [-0.05, 0) is 60.8 Å². The summed E-state index contributed by atoms with van der Waals surface area (Å²) in [5.41, 5.74) is 1.07. The second-order valence-corrected chi connectivity index (χ2v) is 6.33. The lowest BCUT2D eigenvalue weighted by Crippen LogP contribution is -2.40. The molecule has 1 N–H and O–H groups in total. The molecule has 1 aromatic rings. The van der Waals surface area contributed by atoms with Crippen LogP contribution in [0.25, 0.3) is 0 Å². The van der Waals surface area contributed by atoms with Gasteiger partial charge in [-0.2, -0.15) is 0 Å². The SMILES string of the molecule is CC1(C)CC(Nc2ccc(Cl)c(Br)c2)CCO1. The Morgan fingerprint density at radius 3 is 2.88 bits per heavy atom. The predicted molar refractivity (Wildman–Crippen MR) is 75.8 cm³/mol. The molecule has 0 saturated carbocycles. The Labute approximate surface area is 116 Å². The van der Waals surface area contributed by atoms with Crippen molar-refractivity contribution < 1.29 is 4.74 Å². The van der Waals surface area contributed by atoms with Gasteiger partial charge in [-0.25, -0.2) is 0 Å². The van der Waals surface area contributed by atoms with Crippen LogP contribution in [-0.2, 0) is 4.74 Å². The molecule has 1 aliphatic heterocycles. The lowest BCUT2D eigenvalue weighted by atomic mass is 9.94. The molecule has 0 spiro atoms. The Morgan fingerprint density at radius 1 is 1.47 bits per heavy atom. The number of hydrogen-bond donors (Lipinski definition) is 1. The van der Waals surface area contributed by atoms with Crippen molar-refractivity contribution in [3.05, 3.63) is 27.7 Å². The minimum absolute atomic E-state index is 0.0282. The van der Waals surface area contributed by atoms with Crippen LogP contribution in [0.15, 0.2) is 22.7 Å². The maximum atomic E-state index is 5.97. The van der Waals surface area contributed by atoms with E-state index in [0.717, 1.165) is 34.6 Å². The van der Waals surface area contributed by atoms with Crippen LogP contribution in [0.1, 0.15) is 26.7 Å². The lowest BCUT2D eigenvalue weighted by molar-refractivity contribution is -0.0553. The highest BCUT2D eigenvalue weighted by Crippen LogP contribution is 2.29. The summed E-state index contributed by atoms with van der Waals surface area (Å²) < 4.78 is 6.63. The van der Waals surface area contributed by atoms with E-state index in [2.05, 4.69) is 35.1 Å². The van der Waals surface area contributed by atoms with E-state index in [0.29, 0.717) is 6.04 Å². The van der Waals surface area contributed by atoms with Gasteiger partial charge in [-0.3, -0.25) is 0 Å². The lowest BCUT2D eigenvalue weighted by Gasteiger charge is -2.36. The zero-order chi connectivity index (χ0) is 12.5. The number of benzene rings is 1. The number of anilines is 1. The van der Waals surface area contributed by atoms with Crippen molar-refractivity contribution >= 4 is 33.2 Å². The van der Waals surface area contributed by atoms with Crippen molar-refractivity contribution in [1.82, 2.24) is 0 Å². The fourth-order valence-corrected chi connectivity index (χ4v) is 2.67. The molecule has 1 atom stereocenters. The van der Waals surface area contributed by atoms with Gasteiger partial charge in [0.1, 0.15) is 0 Å². The van der Waals surface area contributed by atoms with Crippen molar-refractivity contribution in [3.8, 4) is 0 Å². The highest BCUT2D eigenvalue weighted by molar-refractivity contribution is 9.10. The maximum Gasteiger partial charge on any atom is 0.0646 e. The molecule has 1 saturated heterocycles. The molecule has 1 aliphatic rings. The first kappa shape index (κ1) is 13.2. The van der Waals surface area contributed by atoms with Crippen molar-refractivity contribution in [2.75, 3.05) is 11.9 Å². The van der Waals surface area contributed by atoms with Gasteiger partial charge in [-0.1, -0.05) is 11.6 Å². The molecule has 1 unspecified atom stereocenters. The smallest absolute Gasteiger partial charge is 0.0646 e. The molecule has 0 aromatic heterocycles. The van der Waals surface area contributed by atoms with Crippen molar-refractivity contribution in [2.24, 2.45) is 0 Å². The van der Waals surface area contributed by atoms with Gasteiger partial charge >= 0.3 is 0 Å². The molecule has 2 rings (SSSR count). The highest BCUT2D eigenvalue weighted by atomic mass is 79.9. The second kappa shape index (κ2) is 5.17. The van der Waals surface area contributed by atoms with E-state index in [1.807, 2.05) is 18.2 Å². The average Bonchev–Trinajstić information content (AvgIpc) is 2.22. The standard InChI is InChI=1S/C13H17BrClNO/c1-13(2)8-10(5-6-17-13)16-9-3-4-12(15)11(14)7-9/h3-4,7,10,16H,5-6,8H2,1-2H3. The van der Waals surface area contributed by atoms with Crippen LogP contribution in [-0.4, -0.2) is 18.2 Å². The van der Waals surface area contributed by atoms with Gasteiger partial charge in [-0.15, -0.1) is 0 Å². The Balaban J connectivity index is 2.03. The molecule has 94 valence electrons. The molecule has 17 heavy (non-hydrogen) atoms. The van der Waals surface area contributed by atoms with E-state index in [9.17, 15) is 0 Å². The van der Waals surface area contributed by atoms with Crippen LogP contribution < -0.4 is 5.32 Å². The monoisotopic (exact) mass is 317 g/mol. The summed E-state index contributed by atoms with van der Waals surface area (Å²) in [5.74, 6) is 0. The van der Waals surface area contributed by atoms with Crippen molar-refractivity contribution in [2.45, 2.75) is 38.3 Å². The van der Waals surface area contributed by atoms with Crippen molar-refractivity contribution in [1.29, 1.82) is 0 Å². The summed E-state index contributed by atoms with van der Waals surface area (Å²) >= 11 is 9.41. The predicted octanol–water partition coefficient (Wildman–Crippen LogP) is 4.47. The summed E-state index contributed by atoms with van der Waals surface area (Å²) in [6.07, 6.45) is 2.07. The minimum Gasteiger partial charge on any atom is -0.382 e. The first-order valence-corrected chi connectivity index (χ1v) is 6.99. The van der Waals surface area contributed by atoms with E-state index < -0.39 is 0 Å². The normalized spacial score (nSPS) is 23.4. The topological polar surface area (TPSA) is 21.3 Å². The van der Waals surface area contributed by atoms with Crippen LogP contribution >= 0.6 is 27.5 Å². The number of ether oxygens (including phenoxy) is 1. The van der Waals surface area contributed by atoms with E-state index >= 15 is 0 Å². The van der Waals surface area contributed by atoms with Gasteiger partial charge in [0, 0.05) is 22.8 Å². The van der Waals surface area contributed by atoms with Crippen LogP contribution in [0.5, 0.6) is 0 Å². The quantitative estimate of drug-likeness (QED) is 0.868. The molecule has 0 amide bonds. The summed E-state index contributed by atoms with van der Waals surface area (Å²) in [5, 5.41) is 4.27. The van der Waals surface area contributed by atoms with Crippen molar-refractivity contribution in [3.63, 3.8) is 0 Å². The second-order valence-electron chi connectivity index (χ2n) is 5.07. The molecule has 1 aromatic carbocycles. The summed E-state index contributed by atoms with van der Waals surface area (Å²) in [6.45, 7) is 5.09. The molecule has 0 radical (unpaired) electrons. The average molecular weight is 319 g/mol. The third-order valence-corrected chi connectivity index (χ3v) is 4.20. The molecule has 1 fully saturated rings. The number of nitrogens with one attached hydrogen (secondary N) is 1. The van der Waals surface area contributed by atoms with Crippen LogP contribution in [0.3, 0.4) is 0 Å². The largest absolute Gasteiger partial charge is 0.382 e. The Bertz CT molecular complexity index is 408. The van der Waals surface area contributed by atoms with E-state index in [4.69, 9.17) is 16.3 Å².